The number of halogens is 1. The van der Waals surface area contributed by atoms with Gasteiger partial charge in [0.05, 0.1) is 11.4 Å². The molecule has 0 unspecified atom stereocenters. The van der Waals surface area contributed by atoms with Crippen LogP contribution in [0.5, 0.6) is 0 Å². The lowest BCUT2D eigenvalue weighted by Crippen LogP contribution is -2.35. The molecular weight excluding hydrogens is 336 g/mol. The first-order valence-corrected chi connectivity index (χ1v) is 8.32. The monoisotopic (exact) mass is 352 g/mol. The second-order valence-electron chi connectivity index (χ2n) is 5.32. The summed E-state index contributed by atoms with van der Waals surface area (Å²) < 4.78 is 27.0. The van der Waals surface area contributed by atoms with E-state index >= 15 is 0 Å². The molecule has 2 aromatic carbocycles. The predicted octanol–water partition coefficient (Wildman–Crippen LogP) is 2.87. The topological polar surface area (TPSA) is 66.5 Å². The highest BCUT2D eigenvalue weighted by atomic mass is 35.5. The Morgan fingerprint density at radius 1 is 1.04 bits per heavy atom. The lowest BCUT2D eigenvalue weighted by Gasteiger charge is -2.22. The number of sulfonamides is 1. The number of benzene rings is 2. The van der Waals surface area contributed by atoms with Crippen molar-refractivity contribution in [2.75, 3.05) is 16.2 Å². The molecule has 1 heterocycles. The van der Waals surface area contributed by atoms with E-state index in [-0.39, 0.29) is 29.8 Å². The van der Waals surface area contributed by atoms with Gasteiger partial charge in [-0.15, -0.1) is 12.4 Å². The van der Waals surface area contributed by atoms with Crippen LogP contribution < -0.4 is 9.62 Å². The molecule has 0 spiro atoms. The molecule has 1 aliphatic heterocycles. The van der Waals surface area contributed by atoms with Gasteiger partial charge in [-0.3, -0.25) is 9.10 Å². The first kappa shape index (κ1) is 17.3. The van der Waals surface area contributed by atoms with Gasteiger partial charge >= 0.3 is 0 Å². The Morgan fingerprint density at radius 3 is 2.43 bits per heavy atom. The van der Waals surface area contributed by atoms with Gasteiger partial charge in [0.2, 0.25) is 5.91 Å². The van der Waals surface area contributed by atoms with E-state index in [1.54, 1.807) is 30.3 Å². The van der Waals surface area contributed by atoms with Gasteiger partial charge in [-0.1, -0.05) is 18.2 Å². The highest BCUT2D eigenvalue weighted by molar-refractivity contribution is 7.93. The fourth-order valence-corrected chi connectivity index (χ4v) is 3.99. The van der Waals surface area contributed by atoms with Crippen LogP contribution in [0, 0.1) is 13.8 Å². The fraction of sp³-hybridized carbons (Fsp3) is 0.188. The molecule has 1 N–H and O–H groups in total. The van der Waals surface area contributed by atoms with Crippen LogP contribution >= 0.6 is 12.4 Å². The second kappa shape index (κ2) is 6.22. The number of carbonyl (C=O) groups excluding carboxylic acids is 1. The van der Waals surface area contributed by atoms with E-state index in [4.69, 9.17) is 0 Å². The molecule has 0 saturated heterocycles. The Labute approximate surface area is 141 Å². The molecule has 0 aromatic heterocycles. The third-order valence-electron chi connectivity index (χ3n) is 3.79. The van der Waals surface area contributed by atoms with Gasteiger partial charge in [-0.25, -0.2) is 8.42 Å². The molecule has 0 fully saturated rings. The number of hydrogen-bond acceptors (Lipinski definition) is 3. The maximum atomic E-state index is 12.9. The Morgan fingerprint density at radius 2 is 1.74 bits per heavy atom. The summed E-state index contributed by atoms with van der Waals surface area (Å²) in [6.07, 6.45) is 0. The van der Waals surface area contributed by atoms with E-state index in [0.717, 1.165) is 15.4 Å². The molecule has 0 bridgehead atoms. The van der Waals surface area contributed by atoms with Gasteiger partial charge in [0.25, 0.3) is 10.0 Å². The van der Waals surface area contributed by atoms with Crippen LogP contribution in [0.1, 0.15) is 11.1 Å². The van der Waals surface area contributed by atoms with Crippen molar-refractivity contribution >= 4 is 39.7 Å². The summed E-state index contributed by atoms with van der Waals surface area (Å²) in [6, 6.07) is 11.8. The Kier molecular flexibility index (Phi) is 4.68. The third kappa shape index (κ3) is 3.04. The van der Waals surface area contributed by atoms with E-state index in [2.05, 4.69) is 5.32 Å². The minimum Gasteiger partial charge on any atom is -0.323 e. The van der Waals surface area contributed by atoms with Crippen molar-refractivity contribution in [1.29, 1.82) is 0 Å². The molecule has 0 radical (unpaired) electrons. The Balaban J connectivity index is 0.00000192. The largest absolute Gasteiger partial charge is 0.323 e. The minimum absolute atomic E-state index is 0. The van der Waals surface area contributed by atoms with Crippen molar-refractivity contribution in [3.63, 3.8) is 0 Å². The average Bonchev–Trinajstić information content (AvgIpc) is 2.57. The molecule has 5 nitrogen and oxygen atoms in total. The molecule has 7 heteroatoms. The molecule has 0 saturated carbocycles. The zero-order valence-electron chi connectivity index (χ0n) is 12.7. The molecule has 122 valence electrons. The van der Waals surface area contributed by atoms with Gasteiger partial charge in [0, 0.05) is 0 Å². The van der Waals surface area contributed by atoms with Crippen LogP contribution in [0.2, 0.25) is 0 Å². The van der Waals surface area contributed by atoms with Crippen molar-refractivity contribution in [3.05, 3.63) is 53.6 Å². The number of nitrogens with one attached hydrogen (secondary N) is 1. The second-order valence-corrected chi connectivity index (χ2v) is 7.16. The van der Waals surface area contributed by atoms with Crippen molar-refractivity contribution in [3.8, 4) is 0 Å². The van der Waals surface area contributed by atoms with Crippen molar-refractivity contribution in [1.82, 2.24) is 0 Å². The van der Waals surface area contributed by atoms with Gasteiger partial charge < -0.3 is 5.32 Å². The summed E-state index contributed by atoms with van der Waals surface area (Å²) in [6.45, 7) is 3.63. The van der Waals surface area contributed by atoms with Gasteiger partial charge in [-0.05, 0) is 49.2 Å². The van der Waals surface area contributed by atoms with Gasteiger partial charge in [0.1, 0.15) is 11.4 Å². The zero-order valence-corrected chi connectivity index (χ0v) is 14.4. The molecule has 0 aliphatic carbocycles. The number of hydrogen-bond donors (Lipinski definition) is 1. The van der Waals surface area contributed by atoms with Gasteiger partial charge in [0.15, 0.2) is 0 Å². The van der Waals surface area contributed by atoms with Crippen molar-refractivity contribution in [2.45, 2.75) is 18.7 Å². The Bertz CT molecular complexity index is 865. The van der Waals surface area contributed by atoms with Crippen LogP contribution in [-0.2, 0) is 14.8 Å². The highest BCUT2D eigenvalue weighted by Crippen LogP contribution is 2.31. The molecular formula is C16H17ClN2O3S. The molecule has 23 heavy (non-hydrogen) atoms. The van der Waals surface area contributed by atoms with Crippen LogP contribution in [0.4, 0.5) is 11.4 Å². The van der Waals surface area contributed by atoms with Crippen LogP contribution in [0.3, 0.4) is 0 Å². The number of carbonyl (C=O) groups is 1. The Hall–Kier alpha value is -2.05. The highest BCUT2D eigenvalue weighted by Gasteiger charge is 2.32. The van der Waals surface area contributed by atoms with E-state index in [1.165, 1.54) is 6.07 Å². The van der Waals surface area contributed by atoms with E-state index < -0.39 is 10.0 Å². The van der Waals surface area contributed by atoms with Crippen molar-refractivity contribution < 1.29 is 13.2 Å². The quantitative estimate of drug-likeness (QED) is 0.858. The number of para-hydroxylation sites is 1. The van der Waals surface area contributed by atoms with Crippen molar-refractivity contribution in [2.24, 2.45) is 0 Å². The number of nitrogens with zero attached hydrogens (tertiary/aromatic N) is 1. The van der Waals surface area contributed by atoms with Gasteiger partial charge in [-0.2, -0.15) is 0 Å². The van der Waals surface area contributed by atoms with E-state index in [0.29, 0.717) is 11.4 Å². The molecule has 0 atom stereocenters. The summed E-state index contributed by atoms with van der Waals surface area (Å²) in [7, 11) is -3.78. The molecule has 1 aliphatic rings. The summed E-state index contributed by atoms with van der Waals surface area (Å²) in [4.78, 5) is 12.2. The first-order valence-electron chi connectivity index (χ1n) is 6.88. The smallest absolute Gasteiger partial charge is 0.266 e. The van der Waals surface area contributed by atoms with Crippen LogP contribution in [0.15, 0.2) is 47.4 Å². The third-order valence-corrected chi connectivity index (χ3v) is 5.63. The average molecular weight is 353 g/mol. The number of amides is 1. The summed E-state index contributed by atoms with van der Waals surface area (Å²) in [5.41, 5.74) is 2.86. The number of anilines is 2. The SMILES string of the molecule is Cc1ccc(N2CC(=O)Nc3ccccc3S2(=O)=O)cc1C.Cl. The lowest BCUT2D eigenvalue weighted by molar-refractivity contribution is -0.114. The predicted molar refractivity (Wildman–Crippen MR) is 92.8 cm³/mol. The molecule has 2 aromatic rings. The summed E-state index contributed by atoms with van der Waals surface area (Å²) in [5.74, 6) is -0.355. The number of fused-ring (bicyclic) bond motifs is 1. The maximum Gasteiger partial charge on any atom is 0.266 e. The first-order chi connectivity index (χ1) is 10.4. The standard InChI is InChI=1S/C16H16N2O3S.ClH/c1-11-7-8-13(9-12(11)2)18-10-16(19)17-14-5-3-4-6-15(14)22(18,20)21;/h3-9H,10H2,1-2H3,(H,17,19);1H. The molecule has 3 rings (SSSR count). The van der Waals surface area contributed by atoms with E-state index in [1.807, 2.05) is 19.9 Å². The summed E-state index contributed by atoms with van der Waals surface area (Å²) in [5, 5.41) is 2.64. The molecule has 1 amide bonds. The maximum absolute atomic E-state index is 12.9. The van der Waals surface area contributed by atoms with Crippen LogP contribution in [-0.4, -0.2) is 20.9 Å². The number of rotatable bonds is 1. The minimum atomic E-state index is -3.78. The lowest BCUT2D eigenvalue weighted by atomic mass is 10.1. The fourth-order valence-electron chi connectivity index (χ4n) is 2.43. The normalized spacial score (nSPS) is 15.9. The van der Waals surface area contributed by atoms with Crippen LogP contribution in [0.25, 0.3) is 0 Å². The number of aryl methyl sites for hydroxylation is 2. The van der Waals surface area contributed by atoms with E-state index in [9.17, 15) is 13.2 Å². The zero-order chi connectivity index (χ0) is 15.9. The summed E-state index contributed by atoms with van der Waals surface area (Å²) >= 11 is 0.